The third kappa shape index (κ3) is 4.72. The third-order valence-corrected chi connectivity index (χ3v) is 1.88. The van der Waals surface area contributed by atoms with Crippen LogP contribution in [0.15, 0.2) is 30.3 Å². The molecule has 1 radical (unpaired) electrons. The SMILES string of the molecule is FS(F)(F)(F)(F)[CH]c1ccccc1. The van der Waals surface area contributed by atoms with Crippen molar-refractivity contribution in [3.05, 3.63) is 41.6 Å². The van der Waals surface area contributed by atoms with Gasteiger partial charge in [-0.15, -0.1) is 0 Å². The van der Waals surface area contributed by atoms with Crippen LogP contribution in [-0.4, -0.2) is 0 Å². The molecule has 0 bridgehead atoms. The molecule has 0 nitrogen and oxygen atoms in total. The normalized spacial score (nSPS) is 17.6. The van der Waals surface area contributed by atoms with E-state index in [1.165, 1.54) is 18.2 Å². The average Bonchev–Trinajstić information content (AvgIpc) is 1.82. The van der Waals surface area contributed by atoms with Gasteiger partial charge in [-0.3, -0.25) is 0 Å². The highest BCUT2D eigenvalue weighted by Crippen LogP contribution is 3.00. The molecule has 1 aromatic rings. The van der Waals surface area contributed by atoms with Gasteiger partial charge in [0.05, 0.1) is 0 Å². The first kappa shape index (κ1) is 10.3. The zero-order chi connectivity index (χ0) is 10.2. The molecule has 0 fully saturated rings. The van der Waals surface area contributed by atoms with E-state index in [1.807, 2.05) is 0 Å². The molecule has 0 aliphatic carbocycles. The largest absolute Gasteiger partial charge is 0.293 e. The Kier molecular flexibility index (Phi) is 1.72. The van der Waals surface area contributed by atoms with Crippen LogP contribution in [0.3, 0.4) is 0 Å². The van der Waals surface area contributed by atoms with Crippen LogP contribution in [-0.2, 0) is 0 Å². The fourth-order valence-corrected chi connectivity index (χ4v) is 1.46. The van der Waals surface area contributed by atoms with E-state index >= 15 is 0 Å². The number of halogens is 5. The molecule has 1 aromatic carbocycles. The molecule has 1 rings (SSSR count). The van der Waals surface area contributed by atoms with E-state index in [0.29, 0.717) is 0 Å². The molecule has 0 saturated carbocycles. The maximum Gasteiger partial charge on any atom is 0.293 e. The molecule has 0 unspecified atom stereocenters. The van der Waals surface area contributed by atoms with E-state index in [0.717, 1.165) is 12.1 Å². The predicted molar refractivity (Wildman–Crippen MR) is 43.0 cm³/mol. The fraction of sp³-hybridized carbons (Fsp3) is 0. The van der Waals surface area contributed by atoms with Crippen molar-refractivity contribution in [2.45, 2.75) is 0 Å². The molecule has 0 heterocycles. The molecule has 0 aromatic heterocycles. The Bertz CT molecular complexity index is 299. The van der Waals surface area contributed by atoms with Crippen molar-refractivity contribution < 1.29 is 19.4 Å². The van der Waals surface area contributed by atoms with Gasteiger partial charge in [0.15, 0.2) is 0 Å². The Hall–Kier alpha value is -0.780. The summed E-state index contributed by atoms with van der Waals surface area (Å²) < 4.78 is 59.2. The van der Waals surface area contributed by atoms with E-state index in [1.54, 1.807) is 0 Å². The summed E-state index contributed by atoms with van der Waals surface area (Å²) >= 11 is 0. The Morgan fingerprint density at radius 2 is 1.31 bits per heavy atom. The minimum atomic E-state index is -9.41. The molecule has 75 valence electrons. The van der Waals surface area contributed by atoms with Crippen LogP contribution in [0, 0.1) is 5.75 Å². The summed E-state index contributed by atoms with van der Waals surface area (Å²) in [6, 6.07) is 5.91. The Morgan fingerprint density at radius 1 is 0.846 bits per heavy atom. The van der Waals surface area contributed by atoms with Gasteiger partial charge in [0.25, 0.3) is 10.2 Å². The highest BCUT2D eigenvalue weighted by atomic mass is 32.5. The lowest BCUT2D eigenvalue weighted by Crippen LogP contribution is -2.06. The lowest BCUT2D eigenvalue weighted by Gasteiger charge is -2.39. The summed E-state index contributed by atoms with van der Waals surface area (Å²) in [7, 11) is -9.41. The minimum absolute atomic E-state index is 0.540. The average molecular weight is 217 g/mol. The monoisotopic (exact) mass is 217 g/mol. The first-order valence-corrected chi connectivity index (χ1v) is 5.22. The Balaban J connectivity index is 2.96. The smallest absolute Gasteiger partial charge is 0.0971 e. The summed E-state index contributed by atoms with van der Waals surface area (Å²) in [6.07, 6.45) is 0. The van der Waals surface area contributed by atoms with Crippen molar-refractivity contribution in [2.24, 2.45) is 0 Å². The number of hydrogen-bond donors (Lipinski definition) is 0. The maximum absolute atomic E-state index is 11.8. The summed E-state index contributed by atoms with van der Waals surface area (Å²) in [5, 5.41) is 0. The van der Waals surface area contributed by atoms with Crippen LogP contribution in [0.2, 0.25) is 0 Å². The van der Waals surface area contributed by atoms with E-state index in [4.69, 9.17) is 0 Å². The van der Waals surface area contributed by atoms with Crippen LogP contribution in [0.25, 0.3) is 0 Å². The standard InChI is InChI=1S/C7H6F5S/c8-13(9,10,11,12)6-7-4-2-1-3-5-7/h1-6H. The van der Waals surface area contributed by atoms with Crippen LogP contribution in [0.4, 0.5) is 19.4 Å². The number of hydrogen-bond acceptors (Lipinski definition) is 0. The van der Waals surface area contributed by atoms with E-state index in [9.17, 15) is 19.4 Å². The maximum atomic E-state index is 11.8. The molecule has 0 saturated heterocycles. The molecule has 0 amide bonds. The fourth-order valence-electron chi connectivity index (χ4n) is 0.789. The Labute approximate surface area is 72.1 Å². The summed E-state index contributed by atoms with van der Waals surface area (Å²) in [5.74, 6) is -0.903. The Morgan fingerprint density at radius 3 is 1.69 bits per heavy atom. The highest BCUT2D eigenvalue weighted by molar-refractivity contribution is 8.47. The van der Waals surface area contributed by atoms with Crippen molar-refractivity contribution in [2.75, 3.05) is 0 Å². The molecular weight excluding hydrogens is 211 g/mol. The van der Waals surface area contributed by atoms with E-state index in [2.05, 4.69) is 0 Å². The van der Waals surface area contributed by atoms with Crippen LogP contribution < -0.4 is 0 Å². The second-order valence-electron chi connectivity index (χ2n) is 2.56. The van der Waals surface area contributed by atoms with Gasteiger partial charge in [-0.25, -0.2) is 0 Å². The third-order valence-electron chi connectivity index (χ3n) is 1.16. The molecule has 0 N–H and O–H groups in total. The van der Waals surface area contributed by atoms with Gasteiger partial charge in [0.1, 0.15) is 5.75 Å². The van der Waals surface area contributed by atoms with Crippen molar-refractivity contribution in [3.63, 3.8) is 0 Å². The zero-order valence-corrected chi connectivity index (χ0v) is 7.08. The summed E-state index contributed by atoms with van der Waals surface area (Å²) in [6.45, 7) is 0. The zero-order valence-electron chi connectivity index (χ0n) is 6.26. The first-order valence-electron chi connectivity index (χ1n) is 3.21. The molecule has 13 heavy (non-hydrogen) atoms. The summed E-state index contributed by atoms with van der Waals surface area (Å²) in [5.41, 5.74) is -0.540. The topological polar surface area (TPSA) is 0 Å². The first-order chi connectivity index (χ1) is 5.55. The molecule has 0 aliphatic rings. The minimum Gasteiger partial charge on any atom is -0.0971 e. The van der Waals surface area contributed by atoms with Gasteiger partial charge in [-0.2, -0.15) is 0 Å². The highest BCUT2D eigenvalue weighted by Gasteiger charge is 2.63. The van der Waals surface area contributed by atoms with Crippen LogP contribution in [0.1, 0.15) is 5.56 Å². The van der Waals surface area contributed by atoms with Crippen molar-refractivity contribution >= 4 is 10.2 Å². The van der Waals surface area contributed by atoms with Gasteiger partial charge in [0.2, 0.25) is 0 Å². The molecular formula is C7H6F5S. The number of benzene rings is 1. The molecule has 0 atom stereocenters. The van der Waals surface area contributed by atoms with Gasteiger partial charge < -0.3 is 0 Å². The van der Waals surface area contributed by atoms with Crippen molar-refractivity contribution in [1.29, 1.82) is 0 Å². The lowest BCUT2D eigenvalue weighted by atomic mass is 10.2. The van der Waals surface area contributed by atoms with Crippen LogP contribution >= 0.6 is 10.2 Å². The molecule has 0 aliphatic heterocycles. The molecule has 0 spiro atoms. The number of rotatable bonds is 2. The predicted octanol–water partition coefficient (Wildman–Crippen LogP) is 4.49. The van der Waals surface area contributed by atoms with Crippen molar-refractivity contribution in [3.8, 4) is 0 Å². The van der Waals surface area contributed by atoms with Crippen LogP contribution in [0.5, 0.6) is 0 Å². The lowest BCUT2D eigenvalue weighted by molar-refractivity contribution is 0.378. The molecule has 6 heteroatoms. The van der Waals surface area contributed by atoms with Gasteiger partial charge in [0, 0.05) is 0 Å². The summed E-state index contributed by atoms with van der Waals surface area (Å²) in [4.78, 5) is 0. The second-order valence-corrected chi connectivity index (χ2v) is 4.85. The van der Waals surface area contributed by atoms with Gasteiger partial charge in [-0.1, -0.05) is 49.8 Å². The van der Waals surface area contributed by atoms with Gasteiger partial charge in [-0.05, 0) is 5.56 Å². The van der Waals surface area contributed by atoms with E-state index < -0.39 is 21.5 Å². The quantitative estimate of drug-likeness (QED) is 0.640. The van der Waals surface area contributed by atoms with Gasteiger partial charge >= 0.3 is 0 Å². The second kappa shape index (κ2) is 2.17. The van der Waals surface area contributed by atoms with E-state index in [-0.39, 0.29) is 0 Å². The van der Waals surface area contributed by atoms with Crippen molar-refractivity contribution in [1.82, 2.24) is 0 Å².